The van der Waals surface area contributed by atoms with Crippen molar-refractivity contribution in [2.24, 2.45) is 0 Å². The third-order valence-electron chi connectivity index (χ3n) is 2.34. The van der Waals surface area contributed by atoms with E-state index in [1.807, 2.05) is 37.3 Å². The number of nitrogens with zero attached hydrogens (tertiary/aromatic N) is 2. The smallest absolute Gasteiger partial charge is 0.202 e. The Hall–Kier alpha value is -1.46. The van der Waals surface area contributed by atoms with Gasteiger partial charge in [-0.1, -0.05) is 30.3 Å². The predicted octanol–water partition coefficient (Wildman–Crippen LogP) is 2.71. The lowest BCUT2D eigenvalue weighted by Gasteiger charge is -2.11. The van der Waals surface area contributed by atoms with Crippen molar-refractivity contribution in [1.29, 1.82) is 0 Å². The van der Waals surface area contributed by atoms with E-state index in [1.165, 1.54) is 11.5 Å². The zero-order valence-electron chi connectivity index (χ0n) is 9.88. The van der Waals surface area contributed by atoms with Crippen LogP contribution in [-0.4, -0.2) is 23.0 Å². The van der Waals surface area contributed by atoms with Crippen LogP contribution in [0, 0.1) is 0 Å². The lowest BCUT2D eigenvalue weighted by atomic mass is 10.1. The Morgan fingerprint density at radius 3 is 2.76 bits per heavy atom. The summed E-state index contributed by atoms with van der Waals surface area (Å²) in [5, 5.41) is 3.98. The van der Waals surface area contributed by atoms with Gasteiger partial charge in [-0.05, 0) is 12.5 Å². The Labute approximate surface area is 105 Å². The lowest BCUT2D eigenvalue weighted by Crippen LogP contribution is -2.05. The van der Waals surface area contributed by atoms with E-state index >= 15 is 0 Å². The molecule has 1 aromatic heterocycles. The molecule has 2 aromatic rings. The third-order valence-corrected chi connectivity index (χ3v) is 3.03. The minimum absolute atomic E-state index is 0.195. The van der Waals surface area contributed by atoms with Gasteiger partial charge in [0.15, 0.2) is 5.82 Å². The van der Waals surface area contributed by atoms with Crippen LogP contribution in [0.25, 0.3) is 0 Å². The molecule has 0 bridgehead atoms. The van der Waals surface area contributed by atoms with Crippen molar-refractivity contribution >= 4 is 16.7 Å². The highest BCUT2D eigenvalue weighted by molar-refractivity contribution is 7.09. The van der Waals surface area contributed by atoms with Gasteiger partial charge in [-0.15, -0.1) is 0 Å². The average Bonchev–Trinajstić information content (AvgIpc) is 2.81. The molecule has 0 aliphatic carbocycles. The summed E-state index contributed by atoms with van der Waals surface area (Å²) >= 11 is 1.36. The maximum atomic E-state index is 5.47. The van der Waals surface area contributed by atoms with Gasteiger partial charge in [-0.25, -0.2) is 4.98 Å². The fourth-order valence-corrected chi connectivity index (χ4v) is 2.24. The van der Waals surface area contributed by atoms with Crippen LogP contribution in [0.15, 0.2) is 30.3 Å². The largest absolute Gasteiger partial charge is 0.369 e. The number of nitrogens with one attached hydrogen (secondary N) is 1. The Balaban J connectivity index is 2.23. The highest BCUT2D eigenvalue weighted by Gasteiger charge is 2.18. The molecule has 0 spiro atoms. The third kappa shape index (κ3) is 2.81. The first-order chi connectivity index (χ1) is 8.35. The van der Waals surface area contributed by atoms with E-state index in [-0.39, 0.29) is 6.10 Å². The van der Waals surface area contributed by atoms with Crippen LogP contribution in [0.1, 0.15) is 24.4 Å². The molecule has 0 saturated heterocycles. The molecule has 4 nitrogen and oxygen atoms in total. The normalized spacial score (nSPS) is 12.4. The van der Waals surface area contributed by atoms with E-state index in [9.17, 15) is 0 Å². The van der Waals surface area contributed by atoms with Crippen molar-refractivity contribution in [2.45, 2.75) is 13.0 Å². The van der Waals surface area contributed by atoms with Gasteiger partial charge in [0.2, 0.25) is 5.13 Å². The average molecular weight is 249 g/mol. The first-order valence-corrected chi connectivity index (χ1v) is 6.27. The molecule has 0 amide bonds. The molecule has 0 fully saturated rings. The van der Waals surface area contributed by atoms with Crippen LogP contribution in [0.2, 0.25) is 0 Å². The second kappa shape index (κ2) is 5.75. The van der Waals surface area contributed by atoms with Crippen LogP contribution in [0.4, 0.5) is 5.13 Å². The van der Waals surface area contributed by atoms with Crippen LogP contribution in [0.3, 0.4) is 0 Å². The first-order valence-electron chi connectivity index (χ1n) is 5.50. The van der Waals surface area contributed by atoms with Crippen LogP contribution >= 0.6 is 11.5 Å². The SMILES string of the molecule is CCNc1nc(C(OC)c2ccccc2)ns1. The Morgan fingerprint density at radius 1 is 1.35 bits per heavy atom. The summed E-state index contributed by atoms with van der Waals surface area (Å²) in [7, 11) is 1.67. The molecule has 0 saturated carbocycles. The zero-order chi connectivity index (χ0) is 12.1. The topological polar surface area (TPSA) is 47.0 Å². The van der Waals surface area contributed by atoms with Gasteiger partial charge in [0.1, 0.15) is 6.10 Å². The second-order valence-electron chi connectivity index (χ2n) is 3.51. The van der Waals surface area contributed by atoms with Crippen molar-refractivity contribution in [3.05, 3.63) is 41.7 Å². The van der Waals surface area contributed by atoms with Gasteiger partial charge < -0.3 is 10.1 Å². The Kier molecular flexibility index (Phi) is 4.06. The van der Waals surface area contributed by atoms with Crippen molar-refractivity contribution in [1.82, 2.24) is 9.36 Å². The van der Waals surface area contributed by atoms with E-state index in [2.05, 4.69) is 14.7 Å². The second-order valence-corrected chi connectivity index (χ2v) is 4.27. The number of anilines is 1. The Morgan fingerprint density at radius 2 is 2.12 bits per heavy atom. The molecule has 1 aromatic carbocycles. The van der Waals surface area contributed by atoms with Crippen molar-refractivity contribution < 1.29 is 4.74 Å². The van der Waals surface area contributed by atoms with E-state index in [0.717, 1.165) is 17.2 Å². The van der Waals surface area contributed by atoms with Crippen LogP contribution in [0.5, 0.6) is 0 Å². The summed E-state index contributed by atoms with van der Waals surface area (Å²) in [5.41, 5.74) is 1.07. The van der Waals surface area contributed by atoms with E-state index in [4.69, 9.17) is 4.74 Å². The highest BCUT2D eigenvalue weighted by Crippen LogP contribution is 2.25. The van der Waals surface area contributed by atoms with Gasteiger partial charge in [0.05, 0.1) is 0 Å². The fourth-order valence-electron chi connectivity index (χ4n) is 1.58. The van der Waals surface area contributed by atoms with Crippen LogP contribution in [-0.2, 0) is 4.74 Å². The molecule has 5 heteroatoms. The zero-order valence-corrected chi connectivity index (χ0v) is 10.7. The molecular formula is C12H15N3OS. The molecule has 17 heavy (non-hydrogen) atoms. The number of benzene rings is 1. The Bertz CT molecular complexity index is 458. The summed E-state index contributed by atoms with van der Waals surface area (Å²) in [4.78, 5) is 4.42. The number of hydrogen-bond donors (Lipinski definition) is 1. The predicted molar refractivity (Wildman–Crippen MR) is 69.4 cm³/mol. The molecule has 1 heterocycles. The van der Waals surface area contributed by atoms with Gasteiger partial charge in [0.25, 0.3) is 0 Å². The van der Waals surface area contributed by atoms with Crippen molar-refractivity contribution in [3.63, 3.8) is 0 Å². The molecule has 1 N–H and O–H groups in total. The number of methoxy groups -OCH3 is 1. The summed E-state index contributed by atoms with van der Waals surface area (Å²) in [6.45, 7) is 2.88. The number of hydrogen-bond acceptors (Lipinski definition) is 5. The summed E-state index contributed by atoms with van der Waals surface area (Å²) < 4.78 is 9.79. The minimum atomic E-state index is -0.195. The maximum absolute atomic E-state index is 5.47. The van der Waals surface area contributed by atoms with E-state index in [0.29, 0.717) is 5.82 Å². The number of aromatic nitrogens is 2. The van der Waals surface area contributed by atoms with Crippen molar-refractivity contribution in [3.8, 4) is 0 Å². The molecular weight excluding hydrogens is 234 g/mol. The summed E-state index contributed by atoms with van der Waals surface area (Å²) in [6.07, 6.45) is -0.195. The summed E-state index contributed by atoms with van der Waals surface area (Å²) in [5.74, 6) is 0.708. The number of rotatable bonds is 5. The van der Waals surface area contributed by atoms with E-state index < -0.39 is 0 Å². The van der Waals surface area contributed by atoms with Gasteiger partial charge in [-0.2, -0.15) is 4.37 Å². The summed E-state index contributed by atoms with van der Waals surface area (Å²) in [6, 6.07) is 9.98. The van der Waals surface area contributed by atoms with Gasteiger partial charge in [-0.3, -0.25) is 0 Å². The first kappa shape index (κ1) is 12.0. The molecule has 0 aliphatic rings. The quantitative estimate of drug-likeness (QED) is 0.885. The van der Waals surface area contributed by atoms with Gasteiger partial charge in [0, 0.05) is 25.2 Å². The molecule has 2 rings (SSSR count). The molecule has 90 valence electrons. The molecule has 0 aliphatic heterocycles. The minimum Gasteiger partial charge on any atom is -0.369 e. The lowest BCUT2D eigenvalue weighted by molar-refractivity contribution is 0.130. The standard InChI is InChI=1S/C12H15N3OS/c1-3-13-12-14-11(15-17-12)10(16-2)9-7-5-4-6-8-9/h4-8,10H,3H2,1-2H3,(H,13,14,15). The number of ether oxygens (including phenoxy) is 1. The molecule has 1 unspecified atom stereocenters. The van der Waals surface area contributed by atoms with E-state index in [1.54, 1.807) is 7.11 Å². The van der Waals surface area contributed by atoms with Crippen LogP contribution < -0.4 is 5.32 Å². The monoisotopic (exact) mass is 249 g/mol. The van der Waals surface area contributed by atoms with Gasteiger partial charge >= 0.3 is 0 Å². The van der Waals surface area contributed by atoms with Crippen molar-refractivity contribution in [2.75, 3.05) is 19.0 Å². The maximum Gasteiger partial charge on any atom is 0.202 e. The highest BCUT2D eigenvalue weighted by atomic mass is 32.1. The fraction of sp³-hybridized carbons (Fsp3) is 0.333. The molecule has 1 atom stereocenters. The molecule has 0 radical (unpaired) electrons.